The lowest BCUT2D eigenvalue weighted by Crippen LogP contribution is -2.58. The fourth-order valence-electron chi connectivity index (χ4n) is 4.48. The van der Waals surface area contributed by atoms with Gasteiger partial charge in [-0.2, -0.15) is 0 Å². The molecule has 0 aromatic heterocycles. The van der Waals surface area contributed by atoms with E-state index in [2.05, 4.69) is 24.1 Å². The van der Waals surface area contributed by atoms with Gasteiger partial charge in [-0.25, -0.2) is 4.39 Å². The van der Waals surface area contributed by atoms with E-state index in [9.17, 15) is 14.0 Å². The molecule has 1 aromatic carbocycles. The lowest BCUT2D eigenvalue weighted by atomic mass is 9.94. The molecule has 1 heterocycles. The van der Waals surface area contributed by atoms with Gasteiger partial charge < -0.3 is 10.2 Å². The van der Waals surface area contributed by atoms with Crippen LogP contribution in [0.4, 0.5) is 4.39 Å². The summed E-state index contributed by atoms with van der Waals surface area (Å²) in [7, 11) is 0. The molecule has 1 aromatic rings. The van der Waals surface area contributed by atoms with E-state index in [0.29, 0.717) is 44.6 Å². The zero-order chi connectivity index (χ0) is 20.8. The van der Waals surface area contributed by atoms with Gasteiger partial charge in [-0.05, 0) is 36.8 Å². The molecule has 2 amide bonds. The maximum atomic E-state index is 14.0. The predicted octanol–water partition coefficient (Wildman–Crippen LogP) is 3.30. The number of hydrogen-bond donors (Lipinski definition) is 1. The molecule has 0 unspecified atom stereocenters. The average molecular weight is 404 g/mol. The maximum Gasteiger partial charge on any atom is 0.256 e. The van der Waals surface area contributed by atoms with Gasteiger partial charge in [0.25, 0.3) is 5.91 Å². The quantitative estimate of drug-likeness (QED) is 0.760. The molecule has 5 nitrogen and oxygen atoms in total. The van der Waals surface area contributed by atoms with Crippen LogP contribution in [0.1, 0.15) is 56.3 Å². The third-order valence-electron chi connectivity index (χ3n) is 6.54. The van der Waals surface area contributed by atoms with E-state index in [1.807, 2.05) is 0 Å². The normalized spacial score (nSPS) is 20.4. The van der Waals surface area contributed by atoms with Crippen molar-refractivity contribution in [3.63, 3.8) is 0 Å². The van der Waals surface area contributed by atoms with Crippen molar-refractivity contribution in [2.45, 2.75) is 52.0 Å². The fourth-order valence-corrected chi connectivity index (χ4v) is 4.48. The molecular weight excluding hydrogens is 369 g/mol. The van der Waals surface area contributed by atoms with E-state index in [1.165, 1.54) is 25.0 Å². The first kappa shape index (κ1) is 21.8. The Labute approximate surface area is 173 Å². The first-order valence-corrected chi connectivity index (χ1v) is 11.1. The van der Waals surface area contributed by atoms with Gasteiger partial charge >= 0.3 is 0 Å². The van der Waals surface area contributed by atoms with Gasteiger partial charge in [0.1, 0.15) is 5.82 Å². The number of piperazine rings is 1. The molecule has 1 saturated carbocycles. The molecule has 2 atom stereocenters. The Morgan fingerprint density at radius 1 is 1.14 bits per heavy atom. The summed E-state index contributed by atoms with van der Waals surface area (Å²) < 4.78 is 14.0. The van der Waals surface area contributed by atoms with Gasteiger partial charge in [0.15, 0.2) is 0 Å². The number of amides is 2. The largest absolute Gasteiger partial charge is 0.354 e. The Balaban J connectivity index is 1.62. The Morgan fingerprint density at radius 2 is 1.79 bits per heavy atom. The molecule has 160 valence electrons. The molecular formula is C23H34FN3O2. The van der Waals surface area contributed by atoms with Crippen molar-refractivity contribution in [3.8, 4) is 0 Å². The van der Waals surface area contributed by atoms with Crippen molar-refractivity contribution in [1.29, 1.82) is 0 Å². The third-order valence-corrected chi connectivity index (χ3v) is 6.54. The molecule has 2 aliphatic rings. The highest BCUT2D eigenvalue weighted by atomic mass is 19.1. The average Bonchev–Trinajstić information content (AvgIpc) is 3.27. The standard InChI is InChI=1S/C23H34FN3O2/c1-3-17(2)16-25-22(28)21(18-8-4-5-9-18)26-12-14-27(15-13-26)23(29)19-10-6-7-11-20(19)24/h6-7,10-11,17-18,21H,3-5,8-9,12-16H2,1-2H3,(H,25,28)/t17-,21+/m1/s1. The van der Waals surface area contributed by atoms with Crippen molar-refractivity contribution >= 4 is 11.8 Å². The summed E-state index contributed by atoms with van der Waals surface area (Å²) in [5.74, 6) is 0.250. The number of hydrogen-bond acceptors (Lipinski definition) is 3. The second kappa shape index (κ2) is 10.2. The van der Waals surface area contributed by atoms with Crippen LogP contribution in [0.3, 0.4) is 0 Å². The van der Waals surface area contributed by atoms with Gasteiger partial charge in [0, 0.05) is 32.7 Å². The molecule has 0 radical (unpaired) electrons. The van der Waals surface area contributed by atoms with Crippen LogP contribution in [0.15, 0.2) is 24.3 Å². The second-order valence-corrected chi connectivity index (χ2v) is 8.56. The minimum Gasteiger partial charge on any atom is -0.354 e. The van der Waals surface area contributed by atoms with Gasteiger partial charge in [0.2, 0.25) is 5.91 Å². The number of benzene rings is 1. The van der Waals surface area contributed by atoms with E-state index in [0.717, 1.165) is 19.3 Å². The van der Waals surface area contributed by atoms with Crippen LogP contribution in [-0.2, 0) is 4.79 Å². The van der Waals surface area contributed by atoms with E-state index in [4.69, 9.17) is 0 Å². The Kier molecular flexibility index (Phi) is 7.64. The molecule has 0 spiro atoms. The number of halogens is 1. The Hall–Kier alpha value is -1.95. The second-order valence-electron chi connectivity index (χ2n) is 8.56. The summed E-state index contributed by atoms with van der Waals surface area (Å²) in [6.45, 7) is 7.35. The van der Waals surface area contributed by atoms with Crippen molar-refractivity contribution in [2.24, 2.45) is 11.8 Å². The van der Waals surface area contributed by atoms with Gasteiger partial charge in [-0.3, -0.25) is 14.5 Å². The number of rotatable bonds is 7. The van der Waals surface area contributed by atoms with Crippen LogP contribution in [0.5, 0.6) is 0 Å². The van der Waals surface area contributed by atoms with Crippen LogP contribution >= 0.6 is 0 Å². The minimum absolute atomic E-state index is 0.118. The summed E-state index contributed by atoms with van der Waals surface area (Å²) >= 11 is 0. The molecule has 1 N–H and O–H groups in total. The van der Waals surface area contributed by atoms with E-state index < -0.39 is 5.82 Å². The molecule has 1 saturated heterocycles. The van der Waals surface area contributed by atoms with Gasteiger partial charge in [0.05, 0.1) is 11.6 Å². The van der Waals surface area contributed by atoms with Crippen molar-refractivity contribution in [2.75, 3.05) is 32.7 Å². The van der Waals surface area contributed by atoms with Crippen molar-refractivity contribution in [1.82, 2.24) is 15.1 Å². The van der Waals surface area contributed by atoms with Gasteiger partial charge in [-0.1, -0.05) is 45.2 Å². The summed E-state index contributed by atoms with van der Waals surface area (Å²) in [4.78, 5) is 29.7. The van der Waals surface area contributed by atoms with Crippen molar-refractivity contribution in [3.05, 3.63) is 35.6 Å². The highest BCUT2D eigenvalue weighted by molar-refractivity contribution is 5.94. The van der Waals surface area contributed by atoms with E-state index >= 15 is 0 Å². The number of nitrogens with zero attached hydrogens (tertiary/aromatic N) is 2. The SMILES string of the molecule is CC[C@@H](C)CNC(=O)[C@H](C1CCCC1)N1CCN(C(=O)c2ccccc2F)CC1. The lowest BCUT2D eigenvalue weighted by molar-refractivity contribution is -0.129. The summed E-state index contributed by atoms with van der Waals surface area (Å²) in [5, 5.41) is 3.16. The number of nitrogens with one attached hydrogen (secondary N) is 1. The zero-order valence-electron chi connectivity index (χ0n) is 17.7. The van der Waals surface area contributed by atoms with Crippen molar-refractivity contribution < 1.29 is 14.0 Å². The van der Waals surface area contributed by atoms with Crippen LogP contribution in [0.25, 0.3) is 0 Å². The van der Waals surface area contributed by atoms with Crippen LogP contribution < -0.4 is 5.32 Å². The highest BCUT2D eigenvalue weighted by Gasteiger charge is 2.37. The molecule has 2 fully saturated rings. The molecule has 1 aliphatic heterocycles. The van der Waals surface area contributed by atoms with Gasteiger partial charge in [-0.15, -0.1) is 0 Å². The summed E-state index contributed by atoms with van der Waals surface area (Å²) in [6.07, 6.45) is 5.61. The minimum atomic E-state index is -0.479. The Morgan fingerprint density at radius 3 is 2.41 bits per heavy atom. The topological polar surface area (TPSA) is 52.7 Å². The predicted molar refractivity (Wildman–Crippen MR) is 112 cm³/mol. The smallest absolute Gasteiger partial charge is 0.256 e. The first-order chi connectivity index (χ1) is 14.0. The fraction of sp³-hybridized carbons (Fsp3) is 0.652. The molecule has 0 bridgehead atoms. The van der Waals surface area contributed by atoms with Crippen LogP contribution in [0.2, 0.25) is 0 Å². The Bertz CT molecular complexity index is 697. The van der Waals surface area contributed by atoms with E-state index in [1.54, 1.807) is 17.0 Å². The zero-order valence-corrected chi connectivity index (χ0v) is 17.7. The maximum absolute atomic E-state index is 14.0. The molecule has 29 heavy (non-hydrogen) atoms. The summed E-state index contributed by atoms with van der Waals surface area (Å²) in [5.41, 5.74) is 0.125. The molecule has 6 heteroatoms. The first-order valence-electron chi connectivity index (χ1n) is 11.1. The van der Waals surface area contributed by atoms with E-state index in [-0.39, 0.29) is 23.4 Å². The summed E-state index contributed by atoms with van der Waals surface area (Å²) in [6, 6.07) is 6.01. The number of carbonyl (C=O) groups excluding carboxylic acids is 2. The lowest BCUT2D eigenvalue weighted by Gasteiger charge is -2.41. The highest BCUT2D eigenvalue weighted by Crippen LogP contribution is 2.31. The third kappa shape index (κ3) is 5.35. The number of carbonyl (C=O) groups is 2. The molecule has 1 aliphatic carbocycles. The van der Waals surface area contributed by atoms with Crippen LogP contribution in [-0.4, -0.2) is 60.4 Å². The monoisotopic (exact) mass is 403 g/mol. The molecule has 3 rings (SSSR count). The van der Waals surface area contributed by atoms with Crippen LogP contribution in [0, 0.1) is 17.7 Å².